The van der Waals surface area contributed by atoms with Gasteiger partial charge in [-0.1, -0.05) is 18.5 Å². The number of nitriles is 1. The zero-order chi connectivity index (χ0) is 11.1. The van der Waals surface area contributed by atoms with Crippen molar-refractivity contribution >= 4 is 29.1 Å². The molecule has 0 aliphatic heterocycles. The van der Waals surface area contributed by atoms with Gasteiger partial charge in [0.2, 0.25) is 0 Å². The molecule has 0 aliphatic carbocycles. The van der Waals surface area contributed by atoms with Gasteiger partial charge in [0.1, 0.15) is 0 Å². The second-order valence-electron chi connectivity index (χ2n) is 2.93. The molecule has 0 fully saturated rings. The topological polar surface area (TPSA) is 35.8 Å². The first-order valence-electron chi connectivity index (χ1n) is 4.79. The van der Waals surface area contributed by atoms with Crippen LogP contribution in [0.1, 0.15) is 12.5 Å². The quantitative estimate of drug-likeness (QED) is 0.802. The summed E-state index contributed by atoms with van der Waals surface area (Å²) in [6.45, 7) is 3.03. The van der Waals surface area contributed by atoms with Gasteiger partial charge in [-0.2, -0.15) is 17.0 Å². The van der Waals surface area contributed by atoms with Crippen molar-refractivity contribution < 1.29 is 0 Å². The van der Waals surface area contributed by atoms with Gasteiger partial charge in [0.05, 0.1) is 22.3 Å². The maximum Gasteiger partial charge on any atom is 0.0992 e. The van der Waals surface area contributed by atoms with Crippen LogP contribution in [0.15, 0.2) is 18.2 Å². The molecule has 0 heterocycles. The van der Waals surface area contributed by atoms with Crippen LogP contribution in [-0.2, 0) is 0 Å². The molecule has 1 N–H and O–H groups in total. The molecule has 15 heavy (non-hydrogen) atoms. The van der Waals surface area contributed by atoms with E-state index in [-0.39, 0.29) is 0 Å². The fraction of sp³-hybridized carbons (Fsp3) is 0.364. The second kappa shape index (κ2) is 6.60. The molecule has 0 saturated heterocycles. The number of nitrogens with zero attached hydrogens (tertiary/aromatic N) is 1. The monoisotopic (exact) mass is 240 g/mol. The van der Waals surface area contributed by atoms with Crippen molar-refractivity contribution in [3.63, 3.8) is 0 Å². The van der Waals surface area contributed by atoms with Crippen molar-refractivity contribution in [2.75, 3.05) is 23.4 Å². The van der Waals surface area contributed by atoms with E-state index in [9.17, 15) is 0 Å². The Labute approximate surface area is 99.6 Å². The Kier molecular flexibility index (Phi) is 5.38. The average molecular weight is 241 g/mol. The van der Waals surface area contributed by atoms with E-state index in [0.717, 1.165) is 23.7 Å². The molecule has 80 valence electrons. The molecule has 0 radical (unpaired) electrons. The number of hydrogen-bond acceptors (Lipinski definition) is 3. The summed E-state index contributed by atoms with van der Waals surface area (Å²) < 4.78 is 0. The van der Waals surface area contributed by atoms with Crippen LogP contribution < -0.4 is 5.32 Å². The molecule has 1 rings (SSSR count). The van der Waals surface area contributed by atoms with E-state index >= 15 is 0 Å². The van der Waals surface area contributed by atoms with E-state index in [1.54, 1.807) is 12.1 Å². The average Bonchev–Trinajstić information content (AvgIpc) is 2.26. The van der Waals surface area contributed by atoms with Crippen LogP contribution in [0.4, 0.5) is 5.69 Å². The molecule has 0 aliphatic rings. The fourth-order valence-corrected chi connectivity index (χ4v) is 1.91. The predicted octanol–water partition coefficient (Wildman–Crippen LogP) is 3.38. The third-order valence-electron chi connectivity index (χ3n) is 1.86. The Hall–Kier alpha value is -0.850. The summed E-state index contributed by atoms with van der Waals surface area (Å²) in [5.41, 5.74) is 1.49. The lowest BCUT2D eigenvalue weighted by Crippen LogP contribution is -2.04. The fourth-order valence-electron chi connectivity index (χ4n) is 1.13. The van der Waals surface area contributed by atoms with Gasteiger partial charge in [0.25, 0.3) is 0 Å². The van der Waals surface area contributed by atoms with Gasteiger partial charge in [-0.3, -0.25) is 0 Å². The Morgan fingerprint density at radius 1 is 1.53 bits per heavy atom. The van der Waals surface area contributed by atoms with E-state index in [1.807, 2.05) is 17.8 Å². The molecule has 1 aromatic carbocycles. The summed E-state index contributed by atoms with van der Waals surface area (Å²) in [6.07, 6.45) is 0. The maximum atomic E-state index is 8.67. The SMILES string of the molecule is CCSCCNc1ccc(C#N)cc1Cl. The number of nitrogens with one attached hydrogen (secondary N) is 1. The minimum Gasteiger partial charge on any atom is -0.383 e. The Morgan fingerprint density at radius 2 is 2.33 bits per heavy atom. The first-order valence-corrected chi connectivity index (χ1v) is 6.32. The molecular weight excluding hydrogens is 228 g/mol. The van der Waals surface area contributed by atoms with Crippen LogP contribution in [0.25, 0.3) is 0 Å². The number of halogens is 1. The minimum atomic E-state index is 0.591. The molecule has 0 bridgehead atoms. The van der Waals surface area contributed by atoms with Crippen molar-refractivity contribution in [1.29, 1.82) is 5.26 Å². The van der Waals surface area contributed by atoms with Crippen LogP contribution in [0, 0.1) is 11.3 Å². The minimum absolute atomic E-state index is 0.591. The van der Waals surface area contributed by atoms with Gasteiger partial charge in [-0.25, -0.2) is 0 Å². The summed E-state index contributed by atoms with van der Waals surface area (Å²) in [6, 6.07) is 7.34. The molecule has 0 saturated carbocycles. The number of benzene rings is 1. The lowest BCUT2D eigenvalue weighted by Gasteiger charge is -2.07. The van der Waals surface area contributed by atoms with Gasteiger partial charge >= 0.3 is 0 Å². The molecule has 2 nitrogen and oxygen atoms in total. The molecule has 0 spiro atoms. The Morgan fingerprint density at radius 3 is 2.93 bits per heavy atom. The van der Waals surface area contributed by atoms with E-state index in [2.05, 4.69) is 18.3 Å². The number of anilines is 1. The van der Waals surface area contributed by atoms with Crippen LogP contribution in [0.2, 0.25) is 5.02 Å². The highest BCUT2D eigenvalue weighted by Gasteiger charge is 2.00. The van der Waals surface area contributed by atoms with Crippen molar-refractivity contribution in [2.24, 2.45) is 0 Å². The van der Waals surface area contributed by atoms with Gasteiger partial charge in [0.15, 0.2) is 0 Å². The first kappa shape index (κ1) is 12.2. The summed E-state index contributed by atoms with van der Waals surface area (Å²) in [5, 5.41) is 12.5. The van der Waals surface area contributed by atoms with Crippen molar-refractivity contribution in [2.45, 2.75) is 6.92 Å². The van der Waals surface area contributed by atoms with E-state index in [0.29, 0.717) is 10.6 Å². The predicted molar refractivity (Wildman–Crippen MR) is 67.7 cm³/mol. The lowest BCUT2D eigenvalue weighted by molar-refractivity contribution is 1.22. The summed E-state index contributed by atoms with van der Waals surface area (Å²) in [4.78, 5) is 0. The van der Waals surface area contributed by atoms with Crippen LogP contribution >= 0.6 is 23.4 Å². The van der Waals surface area contributed by atoms with Crippen molar-refractivity contribution in [1.82, 2.24) is 0 Å². The van der Waals surface area contributed by atoms with Crippen molar-refractivity contribution in [3.8, 4) is 6.07 Å². The molecule has 0 amide bonds. The van der Waals surface area contributed by atoms with Gasteiger partial charge < -0.3 is 5.32 Å². The van der Waals surface area contributed by atoms with Gasteiger partial charge in [-0.15, -0.1) is 0 Å². The molecule has 0 atom stereocenters. The van der Waals surface area contributed by atoms with E-state index in [4.69, 9.17) is 16.9 Å². The zero-order valence-electron chi connectivity index (χ0n) is 8.59. The van der Waals surface area contributed by atoms with Crippen LogP contribution in [-0.4, -0.2) is 18.1 Å². The largest absolute Gasteiger partial charge is 0.383 e. The highest BCUT2D eigenvalue weighted by molar-refractivity contribution is 7.99. The Bertz CT molecular complexity index is 360. The van der Waals surface area contributed by atoms with Gasteiger partial charge in [0, 0.05) is 12.3 Å². The van der Waals surface area contributed by atoms with Crippen molar-refractivity contribution in [3.05, 3.63) is 28.8 Å². The second-order valence-corrected chi connectivity index (χ2v) is 4.73. The molecular formula is C11H13ClN2S. The summed E-state index contributed by atoms with van der Waals surface area (Å²) >= 11 is 7.88. The molecule has 4 heteroatoms. The first-order chi connectivity index (χ1) is 7.27. The highest BCUT2D eigenvalue weighted by Crippen LogP contribution is 2.22. The standard InChI is InChI=1S/C11H13ClN2S/c1-2-15-6-5-14-11-4-3-9(8-13)7-10(11)12/h3-4,7,14H,2,5-6H2,1H3. The molecule has 1 aromatic rings. The summed E-state index contributed by atoms with van der Waals surface area (Å²) in [7, 11) is 0. The van der Waals surface area contributed by atoms with E-state index < -0.39 is 0 Å². The van der Waals surface area contributed by atoms with Crippen LogP contribution in [0.3, 0.4) is 0 Å². The normalized spacial score (nSPS) is 9.67. The third kappa shape index (κ3) is 4.03. The molecule has 0 unspecified atom stereocenters. The molecule has 0 aromatic heterocycles. The number of hydrogen-bond donors (Lipinski definition) is 1. The lowest BCUT2D eigenvalue weighted by atomic mass is 10.2. The third-order valence-corrected chi connectivity index (χ3v) is 3.08. The number of thioether (sulfide) groups is 1. The Balaban J connectivity index is 2.52. The smallest absolute Gasteiger partial charge is 0.0992 e. The maximum absolute atomic E-state index is 8.67. The highest BCUT2D eigenvalue weighted by atomic mass is 35.5. The van der Waals surface area contributed by atoms with Gasteiger partial charge in [-0.05, 0) is 24.0 Å². The van der Waals surface area contributed by atoms with Crippen LogP contribution in [0.5, 0.6) is 0 Å². The number of rotatable bonds is 5. The zero-order valence-corrected chi connectivity index (χ0v) is 10.2. The summed E-state index contributed by atoms with van der Waals surface area (Å²) in [5.74, 6) is 2.19. The van der Waals surface area contributed by atoms with E-state index in [1.165, 1.54) is 0 Å².